The molecule has 0 aromatic heterocycles. The van der Waals surface area contributed by atoms with Gasteiger partial charge in [-0.1, -0.05) is 46.0 Å². The Bertz CT molecular complexity index is 242. The van der Waals surface area contributed by atoms with Gasteiger partial charge in [-0.05, 0) is 26.3 Å². The van der Waals surface area contributed by atoms with Crippen LogP contribution in [0.25, 0.3) is 0 Å². The third-order valence-corrected chi connectivity index (χ3v) is 3.82. The first-order chi connectivity index (χ1) is 8.94. The van der Waals surface area contributed by atoms with Crippen molar-refractivity contribution in [3.8, 4) is 0 Å². The highest BCUT2D eigenvalue weighted by Gasteiger charge is 2.24. The molecule has 114 valence electrons. The lowest BCUT2D eigenvalue weighted by Crippen LogP contribution is -2.54. The van der Waals surface area contributed by atoms with Gasteiger partial charge in [-0.3, -0.25) is 9.69 Å². The Labute approximate surface area is 118 Å². The minimum absolute atomic E-state index is 0.169. The van der Waals surface area contributed by atoms with Gasteiger partial charge in [0.1, 0.15) is 0 Å². The van der Waals surface area contributed by atoms with Crippen LogP contribution in [0, 0.1) is 0 Å². The third kappa shape index (κ3) is 9.00. The second-order valence-corrected chi connectivity index (χ2v) is 5.61. The number of nitrogens with two attached hydrogens (primary N) is 1. The molecule has 0 aliphatic carbocycles. The number of nitrogens with zero attached hydrogens (tertiary/aromatic N) is 1. The summed E-state index contributed by atoms with van der Waals surface area (Å²) in [6, 6.07) is 0. The SMILES string of the molecule is CCCCCCCCN(CCC(=O)O)C(C)(N)CC. The number of carboxylic acid groups (broad SMARTS) is 1. The molecule has 0 saturated carbocycles. The van der Waals surface area contributed by atoms with E-state index in [1.165, 1.54) is 32.1 Å². The first kappa shape index (κ1) is 18.4. The van der Waals surface area contributed by atoms with Crippen molar-refractivity contribution < 1.29 is 9.90 Å². The molecule has 0 aromatic carbocycles. The van der Waals surface area contributed by atoms with Gasteiger partial charge in [0, 0.05) is 6.54 Å². The lowest BCUT2D eigenvalue weighted by atomic mass is 10.1. The van der Waals surface area contributed by atoms with E-state index in [2.05, 4.69) is 18.7 Å². The lowest BCUT2D eigenvalue weighted by Gasteiger charge is -2.37. The van der Waals surface area contributed by atoms with Crippen LogP contribution in [0.2, 0.25) is 0 Å². The van der Waals surface area contributed by atoms with Crippen molar-refractivity contribution in [2.45, 2.75) is 77.8 Å². The molecule has 19 heavy (non-hydrogen) atoms. The Kier molecular flexibility index (Phi) is 9.88. The zero-order valence-corrected chi connectivity index (χ0v) is 13.0. The molecule has 0 rings (SSSR count). The summed E-state index contributed by atoms with van der Waals surface area (Å²) < 4.78 is 0. The summed E-state index contributed by atoms with van der Waals surface area (Å²) in [6.07, 6.45) is 8.48. The topological polar surface area (TPSA) is 66.6 Å². The average Bonchev–Trinajstić information content (AvgIpc) is 2.36. The van der Waals surface area contributed by atoms with Crippen molar-refractivity contribution in [1.29, 1.82) is 0 Å². The smallest absolute Gasteiger partial charge is 0.304 e. The fourth-order valence-corrected chi connectivity index (χ4v) is 2.16. The number of hydrogen-bond donors (Lipinski definition) is 2. The van der Waals surface area contributed by atoms with E-state index in [1.54, 1.807) is 0 Å². The van der Waals surface area contributed by atoms with E-state index in [0.29, 0.717) is 6.54 Å². The minimum atomic E-state index is -0.750. The van der Waals surface area contributed by atoms with Gasteiger partial charge in [0.05, 0.1) is 12.1 Å². The molecule has 0 heterocycles. The van der Waals surface area contributed by atoms with Crippen molar-refractivity contribution in [2.75, 3.05) is 13.1 Å². The first-order valence-electron chi connectivity index (χ1n) is 7.69. The molecule has 0 bridgehead atoms. The largest absolute Gasteiger partial charge is 0.481 e. The molecule has 0 saturated heterocycles. The van der Waals surface area contributed by atoms with Gasteiger partial charge < -0.3 is 10.8 Å². The molecule has 0 spiro atoms. The maximum absolute atomic E-state index is 10.7. The summed E-state index contributed by atoms with van der Waals surface area (Å²) in [4.78, 5) is 12.8. The molecule has 0 aromatic rings. The molecule has 3 N–H and O–H groups in total. The van der Waals surface area contributed by atoms with Crippen molar-refractivity contribution in [1.82, 2.24) is 4.90 Å². The van der Waals surface area contributed by atoms with Gasteiger partial charge in [0.2, 0.25) is 0 Å². The van der Waals surface area contributed by atoms with Gasteiger partial charge in [-0.15, -0.1) is 0 Å². The van der Waals surface area contributed by atoms with E-state index in [1.807, 2.05) is 6.92 Å². The van der Waals surface area contributed by atoms with Crippen LogP contribution in [0.4, 0.5) is 0 Å². The number of aliphatic carboxylic acids is 1. The zero-order chi connectivity index (χ0) is 14.7. The summed E-state index contributed by atoms with van der Waals surface area (Å²) in [7, 11) is 0. The summed E-state index contributed by atoms with van der Waals surface area (Å²) in [5, 5.41) is 8.80. The summed E-state index contributed by atoms with van der Waals surface area (Å²) in [6.45, 7) is 7.71. The van der Waals surface area contributed by atoms with Crippen LogP contribution < -0.4 is 5.73 Å². The predicted molar refractivity (Wildman–Crippen MR) is 80.1 cm³/mol. The summed E-state index contributed by atoms with van der Waals surface area (Å²) in [5.41, 5.74) is 5.85. The maximum atomic E-state index is 10.7. The van der Waals surface area contributed by atoms with E-state index in [4.69, 9.17) is 10.8 Å². The molecular weight excluding hydrogens is 240 g/mol. The molecule has 0 amide bonds. The van der Waals surface area contributed by atoms with Gasteiger partial charge in [-0.25, -0.2) is 0 Å². The molecule has 0 aliphatic rings. The fraction of sp³-hybridized carbons (Fsp3) is 0.933. The average molecular weight is 272 g/mol. The third-order valence-electron chi connectivity index (χ3n) is 3.82. The van der Waals surface area contributed by atoms with E-state index < -0.39 is 11.6 Å². The Balaban J connectivity index is 4.02. The molecule has 4 nitrogen and oxygen atoms in total. The molecule has 1 atom stereocenters. The lowest BCUT2D eigenvalue weighted by molar-refractivity contribution is -0.137. The van der Waals surface area contributed by atoms with Crippen LogP contribution >= 0.6 is 0 Å². The van der Waals surface area contributed by atoms with Gasteiger partial charge in [-0.2, -0.15) is 0 Å². The Morgan fingerprint density at radius 3 is 2.21 bits per heavy atom. The normalized spacial score (nSPS) is 14.6. The van der Waals surface area contributed by atoms with E-state index >= 15 is 0 Å². The summed E-state index contributed by atoms with van der Waals surface area (Å²) in [5.74, 6) is -0.750. The van der Waals surface area contributed by atoms with Crippen molar-refractivity contribution in [3.05, 3.63) is 0 Å². The van der Waals surface area contributed by atoms with E-state index in [-0.39, 0.29) is 6.42 Å². The highest BCUT2D eigenvalue weighted by molar-refractivity contribution is 5.66. The monoisotopic (exact) mass is 272 g/mol. The first-order valence-corrected chi connectivity index (χ1v) is 7.69. The van der Waals surface area contributed by atoms with Crippen LogP contribution in [0.1, 0.15) is 72.1 Å². The molecular formula is C15H32N2O2. The Hall–Kier alpha value is -0.610. The van der Waals surface area contributed by atoms with Crippen LogP contribution in [-0.4, -0.2) is 34.7 Å². The minimum Gasteiger partial charge on any atom is -0.481 e. The highest BCUT2D eigenvalue weighted by atomic mass is 16.4. The predicted octanol–water partition coefficient (Wildman–Crippen LogP) is 3.21. The number of rotatable bonds is 12. The molecule has 0 radical (unpaired) electrons. The van der Waals surface area contributed by atoms with Gasteiger partial charge in [0.25, 0.3) is 0 Å². The Morgan fingerprint density at radius 1 is 1.11 bits per heavy atom. The number of carbonyl (C=O) groups is 1. The van der Waals surface area contributed by atoms with Crippen molar-refractivity contribution in [3.63, 3.8) is 0 Å². The van der Waals surface area contributed by atoms with E-state index in [0.717, 1.165) is 19.4 Å². The maximum Gasteiger partial charge on any atom is 0.304 e. The standard InChI is InChI=1S/C15H32N2O2/c1-4-6-7-8-9-10-12-17(13-11-14(18)19)15(3,16)5-2/h4-13,16H2,1-3H3,(H,18,19). The second kappa shape index (κ2) is 10.2. The molecule has 0 aliphatic heterocycles. The van der Waals surface area contributed by atoms with Crippen LogP contribution in [0.3, 0.4) is 0 Å². The second-order valence-electron chi connectivity index (χ2n) is 5.61. The van der Waals surface area contributed by atoms with Crippen molar-refractivity contribution >= 4 is 5.97 Å². The van der Waals surface area contributed by atoms with Crippen molar-refractivity contribution in [2.24, 2.45) is 5.73 Å². The van der Waals surface area contributed by atoms with Crippen LogP contribution in [-0.2, 0) is 4.79 Å². The van der Waals surface area contributed by atoms with Crippen LogP contribution in [0.5, 0.6) is 0 Å². The van der Waals surface area contributed by atoms with Gasteiger partial charge >= 0.3 is 5.97 Å². The molecule has 4 heteroatoms. The molecule has 1 unspecified atom stereocenters. The van der Waals surface area contributed by atoms with E-state index in [9.17, 15) is 4.79 Å². The molecule has 0 fully saturated rings. The zero-order valence-electron chi connectivity index (χ0n) is 13.0. The van der Waals surface area contributed by atoms with Crippen LogP contribution in [0.15, 0.2) is 0 Å². The number of hydrogen-bond acceptors (Lipinski definition) is 3. The fourth-order valence-electron chi connectivity index (χ4n) is 2.16. The number of carboxylic acids is 1. The quantitative estimate of drug-likeness (QED) is 0.423. The highest BCUT2D eigenvalue weighted by Crippen LogP contribution is 2.15. The Morgan fingerprint density at radius 2 is 1.68 bits per heavy atom. The summed E-state index contributed by atoms with van der Waals surface area (Å²) >= 11 is 0. The number of unbranched alkanes of at least 4 members (excludes halogenated alkanes) is 5. The van der Waals surface area contributed by atoms with Gasteiger partial charge in [0.15, 0.2) is 0 Å².